The highest BCUT2D eigenvalue weighted by Crippen LogP contribution is 2.31. The molecular formula is C14H14N2O3. The Morgan fingerprint density at radius 3 is 2.21 bits per heavy atom. The highest BCUT2D eigenvalue weighted by atomic mass is 16.2. The molecule has 5 nitrogen and oxygen atoms in total. The lowest BCUT2D eigenvalue weighted by molar-refractivity contribution is -0.119. The van der Waals surface area contributed by atoms with Crippen molar-refractivity contribution in [1.29, 1.82) is 0 Å². The third kappa shape index (κ3) is 1.82. The maximum absolute atomic E-state index is 12.2. The van der Waals surface area contributed by atoms with Crippen LogP contribution in [0, 0.1) is 5.41 Å². The number of benzene rings is 1. The molecule has 2 heterocycles. The lowest BCUT2D eigenvalue weighted by Crippen LogP contribution is -2.40. The van der Waals surface area contributed by atoms with Crippen LogP contribution >= 0.6 is 0 Å². The second-order valence-electron chi connectivity index (χ2n) is 5.51. The van der Waals surface area contributed by atoms with Gasteiger partial charge < -0.3 is 5.32 Å². The second-order valence-corrected chi connectivity index (χ2v) is 5.51. The van der Waals surface area contributed by atoms with Gasteiger partial charge in [-0.05, 0) is 12.1 Å². The number of imide groups is 1. The number of rotatable bonds is 2. The third-order valence-corrected chi connectivity index (χ3v) is 3.72. The predicted molar refractivity (Wildman–Crippen MR) is 67.5 cm³/mol. The van der Waals surface area contributed by atoms with E-state index in [9.17, 15) is 14.4 Å². The van der Waals surface area contributed by atoms with Crippen molar-refractivity contribution in [3.8, 4) is 0 Å². The molecule has 2 aliphatic heterocycles. The fraction of sp³-hybridized carbons (Fsp3) is 0.357. The summed E-state index contributed by atoms with van der Waals surface area (Å²) in [5.41, 5.74) is 0.534. The molecule has 19 heavy (non-hydrogen) atoms. The minimum atomic E-state index is -0.371. The Kier molecular flexibility index (Phi) is 2.45. The maximum Gasteiger partial charge on any atom is 0.261 e. The molecule has 1 aromatic carbocycles. The van der Waals surface area contributed by atoms with Crippen LogP contribution in [0.5, 0.6) is 0 Å². The maximum atomic E-state index is 12.2. The summed E-state index contributed by atoms with van der Waals surface area (Å²) < 4.78 is 0. The Hall–Kier alpha value is -2.17. The van der Waals surface area contributed by atoms with Gasteiger partial charge in [0.25, 0.3) is 11.8 Å². The highest BCUT2D eigenvalue weighted by Gasteiger charge is 2.42. The zero-order valence-electron chi connectivity index (χ0n) is 10.6. The Morgan fingerprint density at radius 2 is 1.74 bits per heavy atom. The lowest BCUT2D eigenvalue weighted by Gasteiger charge is -2.26. The summed E-state index contributed by atoms with van der Waals surface area (Å²) in [6.07, 6.45) is 0.348. The summed E-state index contributed by atoms with van der Waals surface area (Å²) in [6, 6.07) is 6.82. The van der Waals surface area contributed by atoms with Gasteiger partial charge in [-0.25, -0.2) is 0 Å². The summed E-state index contributed by atoms with van der Waals surface area (Å²) in [5.74, 6) is -0.554. The zero-order valence-corrected chi connectivity index (χ0v) is 10.6. The Bertz CT molecular complexity index is 561. The minimum Gasteiger partial charge on any atom is -0.355 e. The van der Waals surface area contributed by atoms with Crippen molar-refractivity contribution in [3.05, 3.63) is 35.4 Å². The van der Waals surface area contributed by atoms with Crippen molar-refractivity contribution in [2.45, 2.75) is 13.3 Å². The van der Waals surface area contributed by atoms with Crippen molar-refractivity contribution in [2.75, 3.05) is 13.1 Å². The number of carbonyl (C=O) groups excluding carboxylic acids is 3. The van der Waals surface area contributed by atoms with Crippen molar-refractivity contribution in [2.24, 2.45) is 5.41 Å². The minimum absolute atomic E-state index is 0.0286. The Labute approximate surface area is 110 Å². The molecule has 1 fully saturated rings. The van der Waals surface area contributed by atoms with Crippen LogP contribution in [-0.2, 0) is 4.79 Å². The number of amides is 3. The van der Waals surface area contributed by atoms with Crippen LogP contribution in [0.4, 0.5) is 0 Å². The smallest absolute Gasteiger partial charge is 0.261 e. The molecular weight excluding hydrogens is 244 g/mol. The number of hydrogen-bond donors (Lipinski definition) is 1. The standard InChI is InChI=1S/C14H14N2O3/c1-14(6-11(17)15-7-14)8-16-12(18)9-4-2-3-5-10(9)13(16)19/h2-5H,6-8H2,1H3,(H,15,17). The first kappa shape index (κ1) is 11.9. The van der Waals surface area contributed by atoms with Crippen LogP contribution in [0.3, 0.4) is 0 Å². The van der Waals surface area contributed by atoms with E-state index in [0.29, 0.717) is 24.1 Å². The van der Waals surface area contributed by atoms with Crippen LogP contribution in [0.1, 0.15) is 34.1 Å². The SMILES string of the molecule is CC1(CN2C(=O)c3ccccc3C2=O)CNC(=O)C1. The van der Waals surface area contributed by atoms with Gasteiger partial charge in [-0.1, -0.05) is 19.1 Å². The molecule has 0 spiro atoms. The van der Waals surface area contributed by atoms with Crippen molar-refractivity contribution < 1.29 is 14.4 Å². The molecule has 0 aromatic heterocycles. The molecule has 98 valence electrons. The van der Waals surface area contributed by atoms with E-state index in [2.05, 4.69) is 5.32 Å². The number of hydrogen-bond acceptors (Lipinski definition) is 3. The first-order valence-electron chi connectivity index (χ1n) is 6.22. The molecule has 3 rings (SSSR count). The van der Waals surface area contributed by atoms with Gasteiger partial charge in [0.05, 0.1) is 11.1 Å². The first-order valence-corrected chi connectivity index (χ1v) is 6.22. The van der Waals surface area contributed by atoms with Crippen LogP contribution in [-0.4, -0.2) is 35.7 Å². The average molecular weight is 258 g/mol. The van der Waals surface area contributed by atoms with Gasteiger partial charge in [0.1, 0.15) is 0 Å². The molecule has 0 saturated carbocycles. The van der Waals surface area contributed by atoms with Gasteiger partial charge in [-0.15, -0.1) is 0 Å². The van der Waals surface area contributed by atoms with Gasteiger partial charge >= 0.3 is 0 Å². The zero-order chi connectivity index (χ0) is 13.6. The van der Waals surface area contributed by atoms with E-state index in [1.54, 1.807) is 24.3 Å². The summed E-state index contributed by atoms with van der Waals surface area (Å²) in [6.45, 7) is 2.69. The number of nitrogens with zero attached hydrogens (tertiary/aromatic N) is 1. The third-order valence-electron chi connectivity index (χ3n) is 3.72. The topological polar surface area (TPSA) is 66.5 Å². The molecule has 1 unspecified atom stereocenters. The van der Waals surface area contributed by atoms with E-state index in [4.69, 9.17) is 0 Å². The van der Waals surface area contributed by atoms with Crippen molar-refractivity contribution in [1.82, 2.24) is 10.2 Å². The quantitative estimate of drug-likeness (QED) is 0.798. The fourth-order valence-electron chi connectivity index (χ4n) is 2.70. The molecule has 3 amide bonds. The summed E-state index contributed by atoms with van der Waals surface area (Å²) in [4.78, 5) is 37.0. The van der Waals surface area contributed by atoms with Crippen LogP contribution < -0.4 is 5.32 Å². The van der Waals surface area contributed by atoms with Gasteiger partial charge in [0.15, 0.2) is 0 Å². The van der Waals surface area contributed by atoms with E-state index in [0.717, 1.165) is 0 Å². The van der Waals surface area contributed by atoms with E-state index in [1.807, 2.05) is 6.92 Å². The fourth-order valence-corrected chi connectivity index (χ4v) is 2.70. The molecule has 1 atom stereocenters. The monoisotopic (exact) mass is 258 g/mol. The Morgan fingerprint density at radius 1 is 1.16 bits per heavy atom. The van der Waals surface area contributed by atoms with Gasteiger partial charge in [0, 0.05) is 24.9 Å². The molecule has 1 N–H and O–H groups in total. The molecule has 1 aromatic rings. The van der Waals surface area contributed by atoms with Gasteiger partial charge in [0.2, 0.25) is 5.91 Å². The molecule has 0 radical (unpaired) electrons. The van der Waals surface area contributed by atoms with Crippen molar-refractivity contribution >= 4 is 17.7 Å². The predicted octanol–water partition coefficient (Wildman–Crippen LogP) is 0.809. The van der Waals surface area contributed by atoms with E-state index < -0.39 is 0 Å². The van der Waals surface area contributed by atoms with Crippen LogP contribution in [0.15, 0.2) is 24.3 Å². The van der Waals surface area contributed by atoms with Crippen LogP contribution in [0.25, 0.3) is 0 Å². The van der Waals surface area contributed by atoms with Gasteiger partial charge in [-0.2, -0.15) is 0 Å². The Balaban J connectivity index is 1.87. The van der Waals surface area contributed by atoms with Crippen molar-refractivity contribution in [3.63, 3.8) is 0 Å². The first-order chi connectivity index (χ1) is 9.00. The normalized spacial score (nSPS) is 25.7. The molecule has 5 heteroatoms. The summed E-state index contributed by atoms with van der Waals surface area (Å²) in [5, 5.41) is 2.75. The average Bonchev–Trinajstić information content (AvgIpc) is 2.84. The second kappa shape index (κ2) is 3.91. The molecule has 0 aliphatic carbocycles. The highest BCUT2D eigenvalue weighted by molar-refractivity contribution is 6.21. The molecule has 0 bridgehead atoms. The number of carbonyl (C=O) groups is 3. The van der Waals surface area contributed by atoms with Gasteiger partial charge in [-0.3, -0.25) is 19.3 Å². The summed E-state index contributed by atoms with van der Waals surface area (Å²) in [7, 11) is 0. The number of nitrogens with one attached hydrogen (secondary N) is 1. The van der Waals surface area contributed by atoms with E-state index in [1.165, 1.54) is 4.90 Å². The number of fused-ring (bicyclic) bond motifs is 1. The molecule has 2 aliphatic rings. The lowest BCUT2D eigenvalue weighted by atomic mass is 9.89. The summed E-state index contributed by atoms with van der Waals surface area (Å²) >= 11 is 0. The van der Waals surface area contributed by atoms with E-state index >= 15 is 0 Å². The van der Waals surface area contributed by atoms with Crippen LogP contribution in [0.2, 0.25) is 0 Å². The molecule has 1 saturated heterocycles. The van der Waals surface area contributed by atoms with E-state index in [-0.39, 0.29) is 29.7 Å². The largest absolute Gasteiger partial charge is 0.355 e.